The van der Waals surface area contributed by atoms with Crippen molar-refractivity contribution < 1.29 is 14.7 Å². The maximum atomic E-state index is 12.2. The van der Waals surface area contributed by atoms with Crippen LogP contribution in [-0.4, -0.2) is 35.1 Å². The Labute approximate surface area is 137 Å². The van der Waals surface area contributed by atoms with Gasteiger partial charge in [0, 0.05) is 22.3 Å². The summed E-state index contributed by atoms with van der Waals surface area (Å²) in [5.41, 5.74) is -0.0539. The summed E-state index contributed by atoms with van der Waals surface area (Å²) in [6.07, 6.45) is 1.94. The molecule has 6 heteroatoms. The number of hydrogen-bond donors (Lipinski definition) is 2. The van der Waals surface area contributed by atoms with E-state index in [0.29, 0.717) is 19.4 Å². The molecule has 1 atom stereocenters. The highest BCUT2D eigenvalue weighted by Crippen LogP contribution is 2.35. The Bertz CT molecular complexity index is 532. The zero-order chi connectivity index (χ0) is 15.5. The van der Waals surface area contributed by atoms with Crippen molar-refractivity contribution in [2.75, 3.05) is 18.4 Å². The Balaban J connectivity index is 2.01. The first-order chi connectivity index (χ1) is 9.97. The first kappa shape index (κ1) is 16.1. The molecule has 1 aromatic rings. The number of rotatable bonds is 4. The van der Waals surface area contributed by atoms with Gasteiger partial charge >= 0.3 is 12.0 Å². The molecule has 21 heavy (non-hydrogen) atoms. The SMILES string of the molecule is CCCC1(C(=O)O)CCN(C(=O)Nc2ccc(I)cc2)C1. The summed E-state index contributed by atoms with van der Waals surface area (Å²) < 4.78 is 1.10. The molecule has 0 spiro atoms. The third-order valence-electron chi connectivity index (χ3n) is 3.92. The van der Waals surface area contributed by atoms with Gasteiger partial charge < -0.3 is 15.3 Å². The molecular weight excluding hydrogens is 383 g/mol. The number of hydrogen-bond acceptors (Lipinski definition) is 2. The number of carbonyl (C=O) groups is 2. The second kappa shape index (κ2) is 6.64. The van der Waals surface area contributed by atoms with E-state index in [-0.39, 0.29) is 12.6 Å². The normalized spacial score (nSPS) is 21.3. The van der Waals surface area contributed by atoms with Crippen LogP contribution in [0.15, 0.2) is 24.3 Å². The van der Waals surface area contributed by atoms with E-state index in [0.717, 1.165) is 15.7 Å². The molecule has 0 radical (unpaired) electrons. The lowest BCUT2D eigenvalue weighted by atomic mass is 9.83. The third kappa shape index (κ3) is 3.66. The molecule has 2 amide bonds. The molecule has 1 heterocycles. The topological polar surface area (TPSA) is 69.6 Å². The van der Waals surface area contributed by atoms with Gasteiger partial charge in [0.05, 0.1) is 5.41 Å². The average Bonchev–Trinajstić information content (AvgIpc) is 2.88. The Morgan fingerprint density at radius 3 is 2.62 bits per heavy atom. The lowest BCUT2D eigenvalue weighted by Crippen LogP contribution is -2.38. The van der Waals surface area contributed by atoms with Crippen molar-refractivity contribution in [2.24, 2.45) is 5.41 Å². The van der Waals surface area contributed by atoms with E-state index in [4.69, 9.17) is 0 Å². The van der Waals surface area contributed by atoms with Crippen molar-refractivity contribution >= 4 is 40.3 Å². The largest absolute Gasteiger partial charge is 0.481 e. The zero-order valence-electron chi connectivity index (χ0n) is 11.9. The second-order valence-corrected chi connectivity index (χ2v) is 6.69. The van der Waals surface area contributed by atoms with Crippen molar-refractivity contribution in [2.45, 2.75) is 26.2 Å². The smallest absolute Gasteiger partial charge is 0.321 e. The summed E-state index contributed by atoms with van der Waals surface area (Å²) in [4.78, 5) is 25.4. The van der Waals surface area contributed by atoms with Crippen LogP contribution in [-0.2, 0) is 4.79 Å². The van der Waals surface area contributed by atoms with Gasteiger partial charge in [-0.25, -0.2) is 4.79 Å². The molecule has 1 aromatic carbocycles. The van der Waals surface area contributed by atoms with Gasteiger partial charge in [0.2, 0.25) is 0 Å². The average molecular weight is 402 g/mol. The Morgan fingerprint density at radius 2 is 2.05 bits per heavy atom. The second-order valence-electron chi connectivity index (χ2n) is 5.44. The van der Waals surface area contributed by atoms with E-state index < -0.39 is 11.4 Å². The summed E-state index contributed by atoms with van der Waals surface area (Å²) in [5, 5.41) is 12.3. The number of amides is 2. The first-order valence-corrected chi connectivity index (χ1v) is 8.09. The number of carboxylic acids is 1. The van der Waals surface area contributed by atoms with E-state index >= 15 is 0 Å². The maximum Gasteiger partial charge on any atom is 0.321 e. The fraction of sp³-hybridized carbons (Fsp3) is 0.467. The van der Waals surface area contributed by atoms with Gasteiger partial charge in [0.1, 0.15) is 0 Å². The fourth-order valence-electron chi connectivity index (χ4n) is 2.75. The fourth-order valence-corrected chi connectivity index (χ4v) is 3.11. The van der Waals surface area contributed by atoms with Crippen molar-refractivity contribution in [1.82, 2.24) is 4.90 Å². The highest BCUT2D eigenvalue weighted by atomic mass is 127. The number of likely N-dealkylation sites (tertiary alicyclic amines) is 1. The number of nitrogens with one attached hydrogen (secondary N) is 1. The summed E-state index contributed by atoms with van der Waals surface area (Å²) in [7, 11) is 0. The minimum absolute atomic E-state index is 0.226. The number of urea groups is 1. The first-order valence-electron chi connectivity index (χ1n) is 7.02. The molecule has 5 nitrogen and oxygen atoms in total. The zero-order valence-corrected chi connectivity index (χ0v) is 14.1. The van der Waals surface area contributed by atoms with Gasteiger partial charge in [0.25, 0.3) is 0 Å². The molecular formula is C15H19IN2O3. The predicted molar refractivity (Wildman–Crippen MR) is 89.3 cm³/mol. The van der Waals surface area contributed by atoms with Crippen molar-refractivity contribution in [1.29, 1.82) is 0 Å². The highest BCUT2D eigenvalue weighted by molar-refractivity contribution is 14.1. The molecule has 2 rings (SSSR count). The summed E-state index contributed by atoms with van der Waals surface area (Å²) in [6.45, 7) is 2.74. The van der Waals surface area contributed by atoms with Crippen molar-refractivity contribution in [3.05, 3.63) is 27.8 Å². The number of halogens is 1. The molecule has 0 bridgehead atoms. The van der Waals surface area contributed by atoms with Crippen molar-refractivity contribution in [3.8, 4) is 0 Å². The molecule has 0 aliphatic carbocycles. The molecule has 1 aliphatic rings. The number of aliphatic carboxylic acids is 1. The molecule has 2 N–H and O–H groups in total. The lowest BCUT2D eigenvalue weighted by Gasteiger charge is -2.24. The van der Waals surface area contributed by atoms with E-state index in [9.17, 15) is 14.7 Å². The van der Waals surface area contributed by atoms with E-state index in [1.165, 1.54) is 0 Å². The van der Waals surface area contributed by atoms with Gasteiger partial charge in [-0.3, -0.25) is 4.79 Å². The number of carbonyl (C=O) groups excluding carboxylic acids is 1. The lowest BCUT2D eigenvalue weighted by molar-refractivity contribution is -0.148. The molecule has 1 fully saturated rings. The molecule has 0 saturated carbocycles. The Hall–Kier alpha value is -1.31. The molecule has 1 saturated heterocycles. The van der Waals surface area contributed by atoms with Gasteiger partial charge in [-0.1, -0.05) is 13.3 Å². The number of nitrogens with zero attached hydrogens (tertiary/aromatic N) is 1. The minimum atomic E-state index is -0.797. The monoisotopic (exact) mass is 402 g/mol. The molecule has 114 valence electrons. The summed E-state index contributed by atoms with van der Waals surface area (Å²) >= 11 is 2.20. The van der Waals surface area contributed by atoms with Crippen LogP contribution in [0, 0.1) is 8.99 Å². The summed E-state index contributed by atoms with van der Waals surface area (Å²) in [6, 6.07) is 7.28. The van der Waals surface area contributed by atoms with E-state index in [2.05, 4.69) is 27.9 Å². The number of benzene rings is 1. The Morgan fingerprint density at radius 1 is 1.38 bits per heavy atom. The van der Waals surface area contributed by atoms with Crippen LogP contribution in [0.4, 0.5) is 10.5 Å². The molecule has 1 aliphatic heterocycles. The molecule has 0 aromatic heterocycles. The highest BCUT2D eigenvalue weighted by Gasteiger charge is 2.45. The van der Waals surface area contributed by atoms with Crippen LogP contribution in [0.3, 0.4) is 0 Å². The number of anilines is 1. The van der Waals surface area contributed by atoms with Crippen LogP contribution in [0.2, 0.25) is 0 Å². The van der Waals surface area contributed by atoms with Crippen LogP contribution in [0.1, 0.15) is 26.2 Å². The maximum absolute atomic E-state index is 12.2. The summed E-state index contributed by atoms with van der Waals surface area (Å²) in [5.74, 6) is -0.797. The number of carboxylic acid groups (broad SMARTS) is 1. The van der Waals surface area contributed by atoms with Crippen LogP contribution >= 0.6 is 22.6 Å². The standard InChI is InChI=1S/C15H19IN2O3/c1-2-7-15(13(19)20)8-9-18(10-15)14(21)17-12-5-3-11(16)4-6-12/h3-6H,2,7-10H2,1H3,(H,17,21)(H,19,20). The predicted octanol–water partition coefficient (Wildman–Crippen LogP) is 3.40. The Kier molecular flexibility index (Phi) is 5.08. The quantitative estimate of drug-likeness (QED) is 0.759. The van der Waals surface area contributed by atoms with Gasteiger partial charge in [-0.2, -0.15) is 0 Å². The van der Waals surface area contributed by atoms with Crippen LogP contribution < -0.4 is 5.32 Å². The van der Waals surface area contributed by atoms with Gasteiger partial charge in [-0.15, -0.1) is 0 Å². The van der Waals surface area contributed by atoms with Crippen LogP contribution in [0.5, 0.6) is 0 Å². The van der Waals surface area contributed by atoms with E-state index in [1.54, 1.807) is 4.90 Å². The van der Waals surface area contributed by atoms with E-state index in [1.807, 2.05) is 31.2 Å². The van der Waals surface area contributed by atoms with Crippen molar-refractivity contribution in [3.63, 3.8) is 0 Å². The van der Waals surface area contributed by atoms with Crippen LogP contribution in [0.25, 0.3) is 0 Å². The minimum Gasteiger partial charge on any atom is -0.481 e. The van der Waals surface area contributed by atoms with Gasteiger partial charge in [0.15, 0.2) is 0 Å². The third-order valence-corrected chi connectivity index (χ3v) is 4.64. The van der Waals surface area contributed by atoms with Gasteiger partial charge in [-0.05, 0) is 59.7 Å². The molecule has 1 unspecified atom stereocenters.